The molecule has 4 rings (SSSR count). The average Bonchev–Trinajstić information content (AvgIpc) is 3.19. The molecule has 0 unspecified atom stereocenters. The Labute approximate surface area is 212 Å². The zero-order chi connectivity index (χ0) is 25.4. The number of nitrogens with one attached hydrogen (secondary N) is 1. The highest BCUT2D eigenvalue weighted by Gasteiger charge is 2.65. The summed E-state index contributed by atoms with van der Waals surface area (Å²) < 4.78 is 0. The standard InChI is InChI=1S/C29H52N2O4/c1-18(7-10-24(33)31-16-6-4-5-15-30)20-8-9-21-25-22(12-14-28(20,21)2)29(3)13-11-19(32)17-23(29)26(34)27(25)35/h18-23,25-27,32,34-35H,4-17,30H2,1-3H3,(H,31,33)/t18-,19-,20-,21+,22+,23+,25+,26-,27+,28-,29-/m0/s1. The minimum atomic E-state index is -0.733. The average molecular weight is 493 g/mol. The molecule has 0 saturated heterocycles. The van der Waals surface area contributed by atoms with Gasteiger partial charge in [-0.3, -0.25) is 4.79 Å². The summed E-state index contributed by atoms with van der Waals surface area (Å²) in [6.07, 6.45) is 9.77. The maximum absolute atomic E-state index is 12.4. The second kappa shape index (κ2) is 11.0. The lowest BCUT2D eigenvalue weighted by Gasteiger charge is -2.63. The Hall–Kier alpha value is -0.690. The maximum atomic E-state index is 12.4. The van der Waals surface area contributed by atoms with Crippen LogP contribution in [0.3, 0.4) is 0 Å². The number of amides is 1. The summed E-state index contributed by atoms with van der Waals surface area (Å²) in [6.45, 7) is 8.56. The highest BCUT2D eigenvalue weighted by atomic mass is 16.3. The number of unbranched alkanes of at least 4 members (excludes halogenated alkanes) is 2. The van der Waals surface area contributed by atoms with Crippen molar-refractivity contribution >= 4 is 5.91 Å². The van der Waals surface area contributed by atoms with Gasteiger partial charge in [0, 0.05) is 13.0 Å². The lowest BCUT2D eigenvalue weighted by atomic mass is 9.43. The van der Waals surface area contributed by atoms with E-state index in [1.165, 1.54) is 6.42 Å². The van der Waals surface area contributed by atoms with E-state index in [1.54, 1.807) is 0 Å². The van der Waals surface area contributed by atoms with Crippen molar-refractivity contribution in [2.24, 2.45) is 52.1 Å². The van der Waals surface area contributed by atoms with Gasteiger partial charge in [0.25, 0.3) is 0 Å². The van der Waals surface area contributed by atoms with Crippen LogP contribution in [-0.2, 0) is 4.79 Å². The Balaban J connectivity index is 1.38. The van der Waals surface area contributed by atoms with Crippen LogP contribution in [0.1, 0.15) is 97.8 Å². The first-order valence-electron chi connectivity index (χ1n) is 14.6. The van der Waals surface area contributed by atoms with Crippen LogP contribution < -0.4 is 11.1 Å². The molecule has 4 aliphatic rings. The third kappa shape index (κ3) is 5.06. The Kier molecular flexibility index (Phi) is 8.57. The number of carbonyl (C=O) groups excluding carboxylic acids is 1. The van der Waals surface area contributed by atoms with Crippen molar-refractivity contribution in [2.75, 3.05) is 13.1 Å². The summed E-state index contributed by atoms with van der Waals surface area (Å²) in [5.74, 6) is 2.20. The molecule has 6 N–H and O–H groups in total. The molecule has 0 aromatic heterocycles. The van der Waals surface area contributed by atoms with Crippen LogP contribution in [0.25, 0.3) is 0 Å². The zero-order valence-electron chi connectivity index (χ0n) is 22.4. The zero-order valence-corrected chi connectivity index (χ0v) is 22.4. The lowest BCUT2D eigenvalue weighted by molar-refractivity contribution is -0.223. The number of fused-ring (bicyclic) bond motifs is 5. The normalized spacial score (nSPS) is 45.8. The molecule has 0 aromatic carbocycles. The highest BCUT2D eigenvalue weighted by molar-refractivity contribution is 5.75. The van der Waals surface area contributed by atoms with Gasteiger partial charge in [0.1, 0.15) is 0 Å². The number of nitrogens with two attached hydrogens (primary N) is 1. The first-order valence-corrected chi connectivity index (χ1v) is 14.6. The van der Waals surface area contributed by atoms with Crippen molar-refractivity contribution in [1.82, 2.24) is 5.32 Å². The van der Waals surface area contributed by atoms with Gasteiger partial charge in [-0.2, -0.15) is 0 Å². The molecule has 4 saturated carbocycles. The van der Waals surface area contributed by atoms with E-state index in [2.05, 4.69) is 26.1 Å². The molecule has 0 aromatic rings. The van der Waals surface area contributed by atoms with Crippen LogP contribution in [0.4, 0.5) is 0 Å². The molecule has 1 amide bonds. The molecular weight excluding hydrogens is 440 g/mol. The number of aliphatic hydroxyl groups excluding tert-OH is 3. The summed E-state index contributed by atoms with van der Waals surface area (Å²) in [6, 6.07) is 0. The van der Waals surface area contributed by atoms with Gasteiger partial charge in [-0.05, 0) is 117 Å². The van der Waals surface area contributed by atoms with Crippen LogP contribution in [0.15, 0.2) is 0 Å². The van der Waals surface area contributed by atoms with Crippen LogP contribution >= 0.6 is 0 Å². The SMILES string of the molecule is C[C@@H](CCC(=O)NCCCCCN)[C@@H]1CC[C@@H]2[C@H]3[C@@H](O)[C@@H](O)[C@H]4C[C@@H](O)CC[C@@]4(C)[C@@H]3CC[C@]21C. The van der Waals surface area contributed by atoms with Crippen molar-refractivity contribution in [3.63, 3.8) is 0 Å². The van der Waals surface area contributed by atoms with E-state index in [1.807, 2.05) is 0 Å². The Morgan fingerprint density at radius 3 is 2.40 bits per heavy atom. The number of hydrogen-bond acceptors (Lipinski definition) is 5. The number of hydrogen-bond donors (Lipinski definition) is 5. The molecule has 0 heterocycles. The van der Waals surface area contributed by atoms with Crippen LogP contribution in [0.2, 0.25) is 0 Å². The molecule has 35 heavy (non-hydrogen) atoms. The third-order valence-corrected chi connectivity index (χ3v) is 11.5. The molecule has 202 valence electrons. The molecule has 0 spiro atoms. The van der Waals surface area contributed by atoms with Gasteiger partial charge in [0.05, 0.1) is 18.3 Å². The third-order valence-electron chi connectivity index (χ3n) is 11.5. The maximum Gasteiger partial charge on any atom is 0.220 e. The Morgan fingerprint density at radius 2 is 1.66 bits per heavy atom. The largest absolute Gasteiger partial charge is 0.393 e. The molecule has 4 fully saturated rings. The fourth-order valence-corrected chi connectivity index (χ4v) is 9.54. The van der Waals surface area contributed by atoms with Gasteiger partial charge >= 0.3 is 0 Å². The van der Waals surface area contributed by atoms with Gasteiger partial charge in [-0.25, -0.2) is 0 Å². The van der Waals surface area contributed by atoms with E-state index >= 15 is 0 Å². The molecule has 6 nitrogen and oxygen atoms in total. The first-order chi connectivity index (χ1) is 16.6. The first kappa shape index (κ1) is 27.3. The van der Waals surface area contributed by atoms with Crippen molar-refractivity contribution in [1.29, 1.82) is 0 Å². The molecule has 0 bridgehead atoms. The summed E-state index contributed by atoms with van der Waals surface area (Å²) in [5.41, 5.74) is 5.71. The molecule has 0 aliphatic heterocycles. The highest BCUT2D eigenvalue weighted by Crippen LogP contribution is 2.68. The van der Waals surface area contributed by atoms with Crippen molar-refractivity contribution in [3.05, 3.63) is 0 Å². The summed E-state index contributed by atoms with van der Waals surface area (Å²) in [7, 11) is 0. The van der Waals surface area contributed by atoms with Gasteiger partial charge < -0.3 is 26.4 Å². The lowest BCUT2D eigenvalue weighted by Crippen LogP contribution is -2.64. The van der Waals surface area contributed by atoms with Gasteiger partial charge in [-0.15, -0.1) is 0 Å². The van der Waals surface area contributed by atoms with E-state index in [4.69, 9.17) is 5.73 Å². The molecule has 4 aliphatic carbocycles. The van der Waals surface area contributed by atoms with Crippen molar-refractivity contribution in [3.8, 4) is 0 Å². The second-order valence-electron chi connectivity index (χ2n) is 13.3. The van der Waals surface area contributed by atoms with Gasteiger partial charge in [-0.1, -0.05) is 27.2 Å². The fourth-order valence-electron chi connectivity index (χ4n) is 9.54. The van der Waals surface area contributed by atoms with Crippen LogP contribution in [-0.4, -0.2) is 52.6 Å². The van der Waals surface area contributed by atoms with E-state index in [0.717, 1.165) is 64.3 Å². The summed E-state index contributed by atoms with van der Waals surface area (Å²) in [4.78, 5) is 12.4. The smallest absolute Gasteiger partial charge is 0.220 e. The fraction of sp³-hybridized carbons (Fsp3) is 0.966. The topological polar surface area (TPSA) is 116 Å². The summed E-state index contributed by atoms with van der Waals surface area (Å²) >= 11 is 0. The van der Waals surface area contributed by atoms with Gasteiger partial charge in [0.15, 0.2) is 0 Å². The van der Waals surface area contributed by atoms with E-state index in [0.29, 0.717) is 43.1 Å². The monoisotopic (exact) mass is 492 g/mol. The van der Waals surface area contributed by atoms with E-state index < -0.39 is 12.2 Å². The van der Waals surface area contributed by atoms with E-state index in [9.17, 15) is 20.1 Å². The Bertz CT molecular complexity index is 733. The van der Waals surface area contributed by atoms with Gasteiger partial charge in [0.2, 0.25) is 5.91 Å². The quantitative estimate of drug-likeness (QED) is 0.315. The minimum Gasteiger partial charge on any atom is -0.393 e. The van der Waals surface area contributed by atoms with Crippen LogP contribution in [0, 0.1) is 46.3 Å². The predicted molar refractivity (Wildman–Crippen MR) is 138 cm³/mol. The van der Waals surface area contributed by atoms with E-state index in [-0.39, 0.29) is 34.7 Å². The molecule has 6 heteroatoms. The summed E-state index contributed by atoms with van der Waals surface area (Å²) in [5, 5.41) is 36.0. The molecular formula is C29H52N2O4. The number of carbonyl (C=O) groups is 1. The van der Waals surface area contributed by atoms with Crippen molar-refractivity contribution < 1.29 is 20.1 Å². The number of rotatable bonds is 9. The second-order valence-corrected chi connectivity index (χ2v) is 13.3. The molecule has 11 atom stereocenters. The van der Waals surface area contributed by atoms with Crippen LogP contribution in [0.5, 0.6) is 0 Å². The molecule has 0 radical (unpaired) electrons. The minimum absolute atomic E-state index is 0.00296. The number of aliphatic hydroxyl groups is 3. The Morgan fingerprint density at radius 1 is 0.943 bits per heavy atom. The van der Waals surface area contributed by atoms with Crippen molar-refractivity contribution in [2.45, 2.75) is 116 Å². The predicted octanol–water partition coefficient (Wildman–Crippen LogP) is 3.61.